The highest BCUT2D eigenvalue weighted by Gasteiger charge is 2.16. The van der Waals surface area contributed by atoms with Gasteiger partial charge < -0.3 is 15.8 Å². The van der Waals surface area contributed by atoms with Crippen molar-refractivity contribution in [2.45, 2.75) is 20.8 Å². The standard InChI is InChI=1S/C37H31N5O/c1-23-17-18-39-36(19-23)42-33-14-7-4-11-28(33)29-16-15-26(21-34(29)42)43-27-20-32(37-24(2)9-8-10-25(37)3)41-35(22-27)40-31-13-6-5-12-30(31)38/h4-22H,38H2,1-3H3,(H,40,41). The molecule has 3 heterocycles. The van der Waals surface area contributed by atoms with Crippen LogP contribution in [0.2, 0.25) is 0 Å². The molecule has 7 aromatic rings. The molecule has 0 aliphatic heterocycles. The van der Waals surface area contributed by atoms with Crippen LogP contribution in [0, 0.1) is 20.8 Å². The van der Waals surface area contributed by atoms with Crippen molar-refractivity contribution in [3.05, 3.63) is 132 Å². The van der Waals surface area contributed by atoms with Crippen molar-refractivity contribution >= 4 is 39.0 Å². The summed E-state index contributed by atoms with van der Waals surface area (Å²) in [6.45, 7) is 6.29. The quantitative estimate of drug-likeness (QED) is 0.198. The molecule has 0 saturated carbocycles. The Bertz CT molecular complexity index is 2130. The topological polar surface area (TPSA) is 78.0 Å². The van der Waals surface area contributed by atoms with Crippen LogP contribution in [0.25, 0.3) is 38.9 Å². The van der Waals surface area contributed by atoms with Crippen LogP contribution in [0.15, 0.2) is 115 Å². The number of para-hydroxylation sites is 3. The molecule has 0 saturated heterocycles. The maximum Gasteiger partial charge on any atom is 0.137 e. The van der Waals surface area contributed by atoms with Gasteiger partial charge >= 0.3 is 0 Å². The molecular formula is C37H31N5O. The second kappa shape index (κ2) is 10.7. The summed E-state index contributed by atoms with van der Waals surface area (Å²) < 4.78 is 8.80. The van der Waals surface area contributed by atoms with Crippen LogP contribution in [0.4, 0.5) is 17.2 Å². The second-order valence-electron chi connectivity index (χ2n) is 10.9. The fourth-order valence-electron chi connectivity index (χ4n) is 5.76. The molecule has 0 bridgehead atoms. The lowest BCUT2D eigenvalue weighted by Crippen LogP contribution is -2.01. The Morgan fingerprint density at radius 2 is 1.47 bits per heavy atom. The number of anilines is 3. The summed E-state index contributed by atoms with van der Waals surface area (Å²) in [4.78, 5) is 9.70. The lowest BCUT2D eigenvalue weighted by Gasteiger charge is -2.15. The maximum atomic E-state index is 6.60. The number of fused-ring (bicyclic) bond motifs is 3. The van der Waals surface area contributed by atoms with Gasteiger partial charge in [0.2, 0.25) is 0 Å². The Kier molecular flexibility index (Phi) is 6.51. The largest absolute Gasteiger partial charge is 0.457 e. The predicted molar refractivity (Wildman–Crippen MR) is 177 cm³/mol. The first kappa shape index (κ1) is 26.3. The average molecular weight is 562 g/mol. The zero-order valence-electron chi connectivity index (χ0n) is 24.3. The second-order valence-corrected chi connectivity index (χ2v) is 10.9. The van der Waals surface area contributed by atoms with E-state index < -0.39 is 0 Å². The highest BCUT2D eigenvalue weighted by molar-refractivity contribution is 6.09. The molecule has 210 valence electrons. The maximum absolute atomic E-state index is 6.60. The summed E-state index contributed by atoms with van der Waals surface area (Å²) in [5.41, 5.74) is 15.2. The monoisotopic (exact) mass is 561 g/mol. The van der Waals surface area contributed by atoms with Gasteiger partial charge in [-0.1, -0.05) is 48.5 Å². The molecule has 6 heteroatoms. The van der Waals surface area contributed by atoms with E-state index in [0.29, 0.717) is 23.0 Å². The molecule has 0 aliphatic rings. The van der Waals surface area contributed by atoms with Crippen LogP contribution in [0.3, 0.4) is 0 Å². The number of aryl methyl sites for hydroxylation is 3. The van der Waals surface area contributed by atoms with E-state index in [1.165, 1.54) is 5.39 Å². The third-order valence-corrected chi connectivity index (χ3v) is 7.77. The van der Waals surface area contributed by atoms with Gasteiger partial charge in [-0.25, -0.2) is 9.97 Å². The normalized spacial score (nSPS) is 11.2. The zero-order valence-corrected chi connectivity index (χ0v) is 24.3. The number of nitrogens with zero attached hydrogens (tertiary/aromatic N) is 3. The van der Waals surface area contributed by atoms with Crippen LogP contribution >= 0.6 is 0 Å². The number of ether oxygens (including phenoxy) is 1. The van der Waals surface area contributed by atoms with Crippen LogP contribution in [0.5, 0.6) is 11.5 Å². The van der Waals surface area contributed by atoms with Crippen LogP contribution in [0.1, 0.15) is 16.7 Å². The van der Waals surface area contributed by atoms with E-state index in [9.17, 15) is 0 Å². The SMILES string of the molecule is Cc1ccnc(-n2c3ccccc3c3ccc(Oc4cc(Nc5ccccc5N)nc(-c5c(C)cccc5C)c4)cc32)c1. The van der Waals surface area contributed by atoms with Gasteiger partial charge in [-0.05, 0) is 79.9 Å². The van der Waals surface area contributed by atoms with E-state index in [2.05, 4.69) is 91.3 Å². The molecule has 7 rings (SSSR count). The highest BCUT2D eigenvalue weighted by Crippen LogP contribution is 2.37. The lowest BCUT2D eigenvalue weighted by atomic mass is 9.99. The van der Waals surface area contributed by atoms with Gasteiger partial charge in [-0.2, -0.15) is 0 Å². The van der Waals surface area contributed by atoms with E-state index >= 15 is 0 Å². The molecule has 0 aliphatic carbocycles. The molecule has 0 spiro atoms. The summed E-state index contributed by atoms with van der Waals surface area (Å²) >= 11 is 0. The third kappa shape index (κ3) is 4.93. The van der Waals surface area contributed by atoms with Crippen LogP contribution < -0.4 is 15.8 Å². The van der Waals surface area contributed by atoms with Gasteiger partial charge in [0, 0.05) is 40.7 Å². The Morgan fingerprint density at radius 3 is 2.28 bits per heavy atom. The van der Waals surface area contributed by atoms with Gasteiger partial charge in [0.1, 0.15) is 23.1 Å². The van der Waals surface area contributed by atoms with Crippen molar-refractivity contribution in [2.24, 2.45) is 0 Å². The molecular weight excluding hydrogens is 530 g/mol. The molecule has 0 atom stereocenters. The summed E-state index contributed by atoms with van der Waals surface area (Å²) in [5.74, 6) is 2.90. The van der Waals surface area contributed by atoms with E-state index in [4.69, 9.17) is 20.4 Å². The molecule has 4 aromatic carbocycles. The smallest absolute Gasteiger partial charge is 0.137 e. The number of nitrogens with two attached hydrogens (primary N) is 1. The van der Waals surface area contributed by atoms with Gasteiger partial charge in [-0.15, -0.1) is 0 Å². The number of hydrogen-bond donors (Lipinski definition) is 2. The van der Waals surface area contributed by atoms with Crippen molar-refractivity contribution in [3.63, 3.8) is 0 Å². The summed E-state index contributed by atoms with van der Waals surface area (Å²) in [7, 11) is 0. The number of hydrogen-bond acceptors (Lipinski definition) is 5. The Morgan fingerprint density at radius 1 is 0.698 bits per heavy atom. The van der Waals surface area contributed by atoms with E-state index in [0.717, 1.165) is 55.9 Å². The van der Waals surface area contributed by atoms with Crippen LogP contribution in [-0.4, -0.2) is 14.5 Å². The van der Waals surface area contributed by atoms with Crippen LogP contribution in [-0.2, 0) is 0 Å². The van der Waals surface area contributed by atoms with E-state index in [-0.39, 0.29) is 0 Å². The molecule has 0 unspecified atom stereocenters. The molecule has 3 aromatic heterocycles. The first-order chi connectivity index (χ1) is 20.9. The zero-order chi connectivity index (χ0) is 29.5. The molecule has 0 radical (unpaired) electrons. The molecule has 3 N–H and O–H groups in total. The minimum atomic E-state index is 0.646. The number of aromatic nitrogens is 3. The number of benzene rings is 4. The van der Waals surface area contributed by atoms with Gasteiger partial charge in [0.05, 0.1) is 28.1 Å². The fraction of sp³-hybridized carbons (Fsp3) is 0.0811. The summed E-state index contributed by atoms with van der Waals surface area (Å²) in [6.07, 6.45) is 1.85. The summed E-state index contributed by atoms with van der Waals surface area (Å²) in [6, 6.07) is 36.6. The third-order valence-electron chi connectivity index (χ3n) is 7.77. The Labute approximate surface area is 250 Å². The highest BCUT2D eigenvalue weighted by atomic mass is 16.5. The number of nitrogens with one attached hydrogen (secondary N) is 1. The minimum absolute atomic E-state index is 0.646. The van der Waals surface area contributed by atoms with Crippen molar-refractivity contribution in [2.75, 3.05) is 11.1 Å². The van der Waals surface area contributed by atoms with Crippen molar-refractivity contribution < 1.29 is 4.74 Å². The number of nitrogen functional groups attached to an aromatic ring is 1. The summed E-state index contributed by atoms with van der Waals surface area (Å²) in [5, 5.41) is 5.71. The van der Waals surface area contributed by atoms with Crippen molar-refractivity contribution in [1.29, 1.82) is 0 Å². The molecule has 0 fully saturated rings. The number of rotatable bonds is 6. The molecule has 6 nitrogen and oxygen atoms in total. The van der Waals surface area contributed by atoms with Gasteiger partial charge in [-0.3, -0.25) is 4.57 Å². The predicted octanol–water partition coefficient (Wildman–Crippen LogP) is 9.28. The molecule has 0 amide bonds. The molecule has 43 heavy (non-hydrogen) atoms. The first-order valence-electron chi connectivity index (χ1n) is 14.3. The Hall–Kier alpha value is -5.62. The van der Waals surface area contributed by atoms with Gasteiger partial charge in [0.25, 0.3) is 0 Å². The minimum Gasteiger partial charge on any atom is -0.457 e. The van der Waals surface area contributed by atoms with E-state index in [1.54, 1.807) is 0 Å². The lowest BCUT2D eigenvalue weighted by molar-refractivity contribution is 0.483. The van der Waals surface area contributed by atoms with Crippen molar-refractivity contribution in [3.8, 4) is 28.6 Å². The van der Waals surface area contributed by atoms with Crippen molar-refractivity contribution in [1.82, 2.24) is 14.5 Å². The van der Waals surface area contributed by atoms with E-state index in [1.807, 2.05) is 54.7 Å². The first-order valence-corrected chi connectivity index (χ1v) is 14.3. The Balaban J connectivity index is 1.36. The number of pyridine rings is 2. The fourth-order valence-corrected chi connectivity index (χ4v) is 5.76. The average Bonchev–Trinajstić information content (AvgIpc) is 3.32. The van der Waals surface area contributed by atoms with Gasteiger partial charge in [0.15, 0.2) is 0 Å².